The van der Waals surface area contributed by atoms with E-state index in [1.165, 1.54) is 0 Å². The smallest absolute Gasteiger partial charge is 0.173 e. The number of piperidine rings is 1. The molecule has 1 unspecified atom stereocenters. The van der Waals surface area contributed by atoms with Crippen LogP contribution in [0.15, 0.2) is 41.3 Å². The molecule has 0 aliphatic carbocycles. The van der Waals surface area contributed by atoms with Gasteiger partial charge in [0, 0.05) is 38.5 Å². The third-order valence-corrected chi connectivity index (χ3v) is 6.28. The summed E-state index contributed by atoms with van der Waals surface area (Å²) in [5.41, 5.74) is 2.05. The third kappa shape index (κ3) is 2.26. The van der Waals surface area contributed by atoms with E-state index in [0.717, 1.165) is 47.7 Å². The van der Waals surface area contributed by atoms with Crippen LogP contribution >= 0.6 is 0 Å². The zero-order valence-corrected chi connectivity index (χ0v) is 14.7. The Balaban J connectivity index is 1.94. The second-order valence-electron chi connectivity index (χ2n) is 6.75. The predicted molar refractivity (Wildman–Crippen MR) is 94.5 cm³/mol. The molecule has 0 amide bonds. The molecule has 5 heteroatoms. The van der Waals surface area contributed by atoms with Crippen molar-refractivity contribution in [2.75, 3.05) is 26.4 Å². The van der Waals surface area contributed by atoms with Gasteiger partial charge in [0.2, 0.25) is 0 Å². The van der Waals surface area contributed by atoms with Gasteiger partial charge in [0.15, 0.2) is 11.5 Å². The van der Waals surface area contributed by atoms with Crippen molar-refractivity contribution in [3.05, 3.63) is 47.5 Å². The van der Waals surface area contributed by atoms with Gasteiger partial charge in [-0.15, -0.1) is 0 Å². The summed E-state index contributed by atoms with van der Waals surface area (Å²) in [6.45, 7) is 1.99. The summed E-state index contributed by atoms with van der Waals surface area (Å²) >= 11 is 0. The van der Waals surface area contributed by atoms with Crippen LogP contribution in [0.25, 0.3) is 0 Å². The second kappa shape index (κ2) is 5.60. The van der Waals surface area contributed by atoms with Crippen LogP contribution in [-0.4, -0.2) is 40.6 Å². The number of phenols is 1. The Morgan fingerprint density at radius 2 is 1.92 bits per heavy atom. The molecular formula is C19H21NO3S. The molecule has 2 aromatic rings. The summed E-state index contributed by atoms with van der Waals surface area (Å²) in [4.78, 5) is 3.08. The van der Waals surface area contributed by atoms with E-state index in [0.29, 0.717) is 5.75 Å². The fourth-order valence-corrected chi connectivity index (χ4v) is 4.50. The molecule has 24 heavy (non-hydrogen) atoms. The molecule has 4 nitrogen and oxygen atoms in total. The number of fused-ring (bicyclic) bond motifs is 4. The first-order valence-corrected chi connectivity index (χ1v) is 9.74. The number of para-hydroxylation sites is 1. The van der Waals surface area contributed by atoms with Gasteiger partial charge in [-0.25, -0.2) is 0 Å². The minimum Gasteiger partial charge on any atom is -0.504 e. The maximum Gasteiger partial charge on any atom is 0.173 e. The number of benzene rings is 2. The summed E-state index contributed by atoms with van der Waals surface area (Å²) in [6.07, 6.45) is 3.62. The van der Waals surface area contributed by atoms with E-state index in [1.54, 1.807) is 12.3 Å². The number of phenolic OH excluding ortho intramolecular Hbond substituents is 1. The van der Waals surface area contributed by atoms with Crippen molar-refractivity contribution in [2.24, 2.45) is 0 Å². The zero-order chi connectivity index (χ0) is 16.9. The predicted octanol–water partition coefficient (Wildman–Crippen LogP) is 3.25. The molecule has 2 heterocycles. The van der Waals surface area contributed by atoms with Crippen molar-refractivity contribution in [1.82, 2.24) is 4.90 Å². The Morgan fingerprint density at radius 1 is 1.17 bits per heavy atom. The van der Waals surface area contributed by atoms with Gasteiger partial charge in [0.05, 0.1) is 0 Å². The molecule has 1 fully saturated rings. The van der Waals surface area contributed by atoms with Gasteiger partial charge in [-0.3, -0.25) is 4.21 Å². The fourth-order valence-electron chi connectivity index (χ4n) is 3.96. The van der Waals surface area contributed by atoms with Crippen LogP contribution in [0.2, 0.25) is 0 Å². The molecule has 4 rings (SSSR count). The Labute approximate surface area is 144 Å². The van der Waals surface area contributed by atoms with E-state index in [1.807, 2.05) is 18.2 Å². The summed E-state index contributed by atoms with van der Waals surface area (Å²) in [7, 11) is 1.08. The average molecular weight is 343 g/mol. The quantitative estimate of drug-likeness (QED) is 0.863. The van der Waals surface area contributed by atoms with Gasteiger partial charge in [-0.1, -0.05) is 18.2 Å². The number of likely N-dealkylation sites (tertiary alicyclic amines) is 1. The molecular weight excluding hydrogens is 322 g/mol. The molecule has 1 N–H and O–H groups in total. The maximum absolute atomic E-state index is 11.9. The highest BCUT2D eigenvalue weighted by Gasteiger charge is 2.44. The highest BCUT2D eigenvalue weighted by Crippen LogP contribution is 2.55. The van der Waals surface area contributed by atoms with E-state index in [-0.39, 0.29) is 11.2 Å². The first kappa shape index (κ1) is 15.7. The number of hydrogen-bond donors (Lipinski definition) is 1. The van der Waals surface area contributed by atoms with Crippen molar-refractivity contribution in [2.45, 2.75) is 23.2 Å². The lowest BCUT2D eigenvalue weighted by molar-refractivity contribution is 0.201. The number of hydrogen-bond acceptors (Lipinski definition) is 4. The summed E-state index contributed by atoms with van der Waals surface area (Å²) < 4.78 is 17.9. The first-order chi connectivity index (χ1) is 11.5. The molecule has 0 bridgehead atoms. The zero-order valence-electron chi connectivity index (χ0n) is 13.9. The third-order valence-electron chi connectivity index (χ3n) is 5.36. The fraction of sp³-hybridized carbons (Fsp3) is 0.368. The Kier molecular flexibility index (Phi) is 3.66. The summed E-state index contributed by atoms with van der Waals surface area (Å²) in [5.74, 6) is 1.44. The van der Waals surface area contributed by atoms with Gasteiger partial charge < -0.3 is 14.7 Å². The van der Waals surface area contributed by atoms with Crippen LogP contribution in [0.5, 0.6) is 17.2 Å². The van der Waals surface area contributed by atoms with Gasteiger partial charge in [0.1, 0.15) is 5.75 Å². The molecule has 2 aliphatic rings. The van der Waals surface area contributed by atoms with E-state index in [9.17, 15) is 9.32 Å². The molecule has 2 aromatic carbocycles. The van der Waals surface area contributed by atoms with E-state index in [2.05, 4.69) is 24.1 Å². The molecule has 0 radical (unpaired) electrons. The summed E-state index contributed by atoms with van der Waals surface area (Å²) in [5, 5.41) is 10.3. The van der Waals surface area contributed by atoms with Crippen LogP contribution < -0.4 is 4.74 Å². The number of aromatic hydroxyl groups is 1. The van der Waals surface area contributed by atoms with Crippen LogP contribution in [-0.2, 0) is 16.2 Å². The van der Waals surface area contributed by atoms with Gasteiger partial charge in [-0.2, -0.15) is 0 Å². The number of rotatable bonds is 1. The first-order valence-electron chi connectivity index (χ1n) is 8.18. The van der Waals surface area contributed by atoms with E-state index in [4.69, 9.17) is 4.74 Å². The topological polar surface area (TPSA) is 49.8 Å². The monoisotopic (exact) mass is 343 g/mol. The molecule has 0 aromatic heterocycles. The lowest BCUT2D eigenvalue weighted by Crippen LogP contribution is -2.43. The lowest BCUT2D eigenvalue weighted by atomic mass is 9.66. The molecule has 1 atom stereocenters. The lowest BCUT2D eigenvalue weighted by Gasteiger charge is -2.45. The van der Waals surface area contributed by atoms with Crippen LogP contribution in [0.3, 0.4) is 0 Å². The largest absolute Gasteiger partial charge is 0.504 e. The number of nitrogens with zero attached hydrogens (tertiary/aromatic N) is 1. The summed E-state index contributed by atoms with van der Waals surface area (Å²) in [6, 6.07) is 11.5. The number of ether oxygens (including phenoxy) is 1. The minimum absolute atomic E-state index is 0.151. The normalized spacial score (nSPS) is 20.1. The molecule has 1 spiro atoms. The van der Waals surface area contributed by atoms with Crippen molar-refractivity contribution in [3.8, 4) is 17.2 Å². The van der Waals surface area contributed by atoms with Crippen molar-refractivity contribution in [3.63, 3.8) is 0 Å². The van der Waals surface area contributed by atoms with Crippen molar-refractivity contribution in [1.29, 1.82) is 0 Å². The van der Waals surface area contributed by atoms with Crippen molar-refractivity contribution < 1.29 is 14.1 Å². The van der Waals surface area contributed by atoms with Gasteiger partial charge in [0.25, 0.3) is 0 Å². The molecule has 126 valence electrons. The van der Waals surface area contributed by atoms with E-state index < -0.39 is 10.8 Å². The maximum atomic E-state index is 11.9. The molecule has 0 saturated carbocycles. The SMILES string of the molecule is CN1CCC2(CC1)c1ccc(S(C)=O)cc1Oc1c(O)cccc12. The highest BCUT2D eigenvalue weighted by atomic mass is 32.2. The Bertz CT molecular complexity index is 825. The van der Waals surface area contributed by atoms with Crippen LogP contribution in [0.1, 0.15) is 24.0 Å². The van der Waals surface area contributed by atoms with Crippen LogP contribution in [0, 0.1) is 0 Å². The minimum atomic E-state index is -1.06. The van der Waals surface area contributed by atoms with Gasteiger partial charge in [-0.05, 0) is 51.2 Å². The molecule has 2 aliphatic heterocycles. The van der Waals surface area contributed by atoms with Crippen molar-refractivity contribution >= 4 is 10.8 Å². The van der Waals surface area contributed by atoms with Gasteiger partial charge >= 0.3 is 0 Å². The second-order valence-corrected chi connectivity index (χ2v) is 8.13. The highest BCUT2D eigenvalue weighted by molar-refractivity contribution is 7.84. The van der Waals surface area contributed by atoms with Crippen LogP contribution in [0.4, 0.5) is 0 Å². The van der Waals surface area contributed by atoms with E-state index >= 15 is 0 Å². The Morgan fingerprint density at radius 3 is 2.62 bits per heavy atom. The average Bonchev–Trinajstić information content (AvgIpc) is 2.58. The molecule has 1 saturated heterocycles. The Hall–Kier alpha value is -1.85. The standard InChI is InChI=1S/C19H21NO3S/c1-20-10-8-19(9-11-20)14-7-6-13(24(2)22)12-17(14)23-18-15(19)4-3-5-16(18)21/h3-7,12,21H,8-11H2,1-2H3.